The van der Waals surface area contributed by atoms with Gasteiger partial charge in [0.2, 0.25) is 0 Å². The minimum atomic E-state index is -0.575. The highest BCUT2D eigenvalue weighted by atomic mass is 16.6. The van der Waals surface area contributed by atoms with E-state index in [0.29, 0.717) is 6.42 Å². The van der Waals surface area contributed by atoms with Gasteiger partial charge < -0.3 is 4.74 Å². The highest BCUT2D eigenvalue weighted by molar-refractivity contribution is 5.69. The lowest BCUT2D eigenvalue weighted by molar-refractivity contribution is -0.157. The zero-order valence-corrected chi connectivity index (χ0v) is 12.3. The first kappa shape index (κ1) is 14.7. The number of benzene rings is 1. The molecule has 18 heavy (non-hydrogen) atoms. The monoisotopic (exact) mass is 248 g/mol. The second-order valence-corrected chi connectivity index (χ2v) is 6.17. The van der Waals surface area contributed by atoms with Crippen LogP contribution in [0.2, 0.25) is 0 Å². The molecule has 2 nitrogen and oxygen atoms in total. The van der Waals surface area contributed by atoms with Crippen LogP contribution in [0.5, 0.6) is 0 Å². The van der Waals surface area contributed by atoms with E-state index in [1.54, 1.807) is 0 Å². The van der Waals surface area contributed by atoms with Gasteiger partial charge >= 0.3 is 5.97 Å². The van der Waals surface area contributed by atoms with Gasteiger partial charge in [-0.05, 0) is 30.4 Å². The first-order valence-electron chi connectivity index (χ1n) is 6.49. The van der Waals surface area contributed by atoms with Crippen LogP contribution in [0.15, 0.2) is 24.3 Å². The molecule has 0 atom stereocenters. The normalized spacial score (nSPS) is 12.3. The summed E-state index contributed by atoms with van der Waals surface area (Å²) in [5.41, 5.74) is 1.81. The molecule has 2 heteroatoms. The lowest BCUT2D eigenvalue weighted by Crippen LogP contribution is -2.26. The molecule has 0 aromatic heterocycles. The number of ether oxygens (including phenoxy) is 1. The molecule has 0 aliphatic heterocycles. The van der Waals surface area contributed by atoms with Crippen LogP contribution in [-0.4, -0.2) is 5.97 Å². The van der Waals surface area contributed by atoms with Gasteiger partial charge in [-0.3, -0.25) is 4.79 Å². The Morgan fingerprint density at radius 3 is 2.17 bits per heavy atom. The van der Waals surface area contributed by atoms with Gasteiger partial charge in [-0.1, -0.05) is 52.0 Å². The van der Waals surface area contributed by atoms with Crippen molar-refractivity contribution in [2.75, 3.05) is 0 Å². The van der Waals surface area contributed by atoms with Gasteiger partial charge in [0.15, 0.2) is 0 Å². The van der Waals surface area contributed by atoms with Crippen molar-refractivity contribution in [2.45, 2.75) is 59.0 Å². The Labute approximate surface area is 110 Å². The Bertz CT molecular complexity index is 425. The smallest absolute Gasteiger partial charge is 0.306 e. The molecule has 0 radical (unpaired) electrons. The zero-order valence-electron chi connectivity index (χ0n) is 12.3. The Morgan fingerprint density at radius 2 is 1.67 bits per heavy atom. The molecule has 0 saturated heterocycles. The van der Waals surface area contributed by atoms with Crippen molar-refractivity contribution in [3.8, 4) is 0 Å². The Hall–Kier alpha value is -1.31. The van der Waals surface area contributed by atoms with Gasteiger partial charge in [0.25, 0.3) is 0 Å². The van der Waals surface area contributed by atoms with Crippen LogP contribution in [0.4, 0.5) is 0 Å². The number of hydrogen-bond acceptors (Lipinski definition) is 2. The molecule has 0 heterocycles. The van der Waals surface area contributed by atoms with Gasteiger partial charge in [0, 0.05) is 6.42 Å². The Balaban J connectivity index is 3.06. The molecule has 0 aliphatic carbocycles. The molecule has 1 aromatic rings. The Kier molecular flexibility index (Phi) is 4.20. The van der Waals surface area contributed by atoms with Gasteiger partial charge in [-0.25, -0.2) is 0 Å². The highest BCUT2D eigenvalue weighted by Gasteiger charge is 2.26. The van der Waals surface area contributed by atoms with Crippen LogP contribution in [0.3, 0.4) is 0 Å². The summed E-state index contributed by atoms with van der Waals surface area (Å²) in [6, 6.07) is 8.28. The third-order valence-electron chi connectivity index (χ3n) is 3.08. The van der Waals surface area contributed by atoms with E-state index in [9.17, 15) is 4.79 Å². The largest absolute Gasteiger partial charge is 0.455 e. The molecule has 0 spiro atoms. The predicted octanol–water partition coefficient (Wildman–Crippen LogP) is 4.17. The molecule has 0 aliphatic rings. The molecule has 1 rings (SSSR count). The summed E-state index contributed by atoms with van der Waals surface area (Å²) in [5, 5.41) is 0. The third-order valence-corrected chi connectivity index (χ3v) is 3.08. The van der Waals surface area contributed by atoms with Gasteiger partial charge in [0.1, 0.15) is 5.60 Å². The lowest BCUT2D eigenvalue weighted by Gasteiger charge is -2.28. The van der Waals surface area contributed by atoms with E-state index in [4.69, 9.17) is 4.74 Å². The van der Waals surface area contributed by atoms with Crippen molar-refractivity contribution in [2.24, 2.45) is 0 Å². The third kappa shape index (κ3) is 3.59. The van der Waals surface area contributed by atoms with Crippen LogP contribution in [0.25, 0.3) is 0 Å². The lowest BCUT2D eigenvalue weighted by atomic mass is 9.84. The van der Waals surface area contributed by atoms with Crippen LogP contribution >= 0.6 is 0 Å². The van der Waals surface area contributed by atoms with Crippen molar-refractivity contribution in [3.05, 3.63) is 35.4 Å². The van der Waals surface area contributed by atoms with Crippen LogP contribution in [0.1, 0.15) is 59.1 Å². The van der Waals surface area contributed by atoms with Crippen molar-refractivity contribution >= 4 is 5.97 Å². The molecule has 0 amide bonds. The minimum absolute atomic E-state index is 0.0981. The summed E-state index contributed by atoms with van der Waals surface area (Å²) in [5.74, 6) is -0.166. The number of carbonyl (C=O) groups is 1. The van der Waals surface area contributed by atoms with E-state index in [-0.39, 0.29) is 11.4 Å². The number of carbonyl (C=O) groups excluding carboxylic acids is 1. The van der Waals surface area contributed by atoms with Gasteiger partial charge in [0.05, 0.1) is 0 Å². The van der Waals surface area contributed by atoms with E-state index in [2.05, 4.69) is 32.9 Å². The Morgan fingerprint density at radius 1 is 1.11 bits per heavy atom. The van der Waals surface area contributed by atoms with Gasteiger partial charge in [-0.2, -0.15) is 0 Å². The van der Waals surface area contributed by atoms with E-state index in [0.717, 1.165) is 5.56 Å². The van der Waals surface area contributed by atoms with E-state index >= 15 is 0 Å². The summed E-state index contributed by atoms with van der Waals surface area (Å²) in [4.78, 5) is 11.5. The second-order valence-electron chi connectivity index (χ2n) is 6.17. The molecule has 1 aromatic carbocycles. The molecular formula is C16H24O2. The van der Waals surface area contributed by atoms with Crippen LogP contribution in [-0.2, 0) is 20.5 Å². The number of esters is 1. The molecule has 0 N–H and O–H groups in total. The topological polar surface area (TPSA) is 26.3 Å². The fourth-order valence-electron chi connectivity index (χ4n) is 1.78. The van der Waals surface area contributed by atoms with E-state index in [1.165, 1.54) is 5.56 Å². The van der Waals surface area contributed by atoms with Crippen molar-refractivity contribution < 1.29 is 9.53 Å². The summed E-state index contributed by atoms with van der Waals surface area (Å²) >= 11 is 0. The first-order valence-corrected chi connectivity index (χ1v) is 6.49. The average molecular weight is 248 g/mol. The second kappa shape index (κ2) is 5.13. The van der Waals surface area contributed by atoms with E-state index < -0.39 is 5.60 Å². The quantitative estimate of drug-likeness (QED) is 0.750. The summed E-state index contributed by atoms with van der Waals surface area (Å²) < 4.78 is 5.50. The first-order chi connectivity index (χ1) is 8.16. The fourth-order valence-corrected chi connectivity index (χ4v) is 1.78. The maximum Gasteiger partial charge on any atom is 0.306 e. The van der Waals surface area contributed by atoms with Crippen molar-refractivity contribution in [1.29, 1.82) is 0 Å². The summed E-state index contributed by atoms with van der Waals surface area (Å²) in [6.45, 7) is 12.2. The predicted molar refractivity (Wildman–Crippen MR) is 74.6 cm³/mol. The van der Waals surface area contributed by atoms with Crippen molar-refractivity contribution in [3.63, 3.8) is 0 Å². The number of rotatable bonds is 3. The van der Waals surface area contributed by atoms with Crippen LogP contribution < -0.4 is 0 Å². The van der Waals surface area contributed by atoms with Gasteiger partial charge in [-0.15, -0.1) is 0 Å². The molecule has 0 unspecified atom stereocenters. The SMILES string of the molecule is CCC(=O)OC(C)(C)c1cccc(C(C)(C)C)c1. The fraction of sp³-hybridized carbons (Fsp3) is 0.562. The molecule has 100 valence electrons. The summed E-state index contributed by atoms with van der Waals surface area (Å²) in [7, 11) is 0. The maximum absolute atomic E-state index is 11.5. The minimum Gasteiger partial charge on any atom is -0.455 e. The molecule has 0 bridgehead atoms. The summed E-state index contributed by atoms with van der Waals surface area (Å²) in [6.07, 6.45) is 0.405. The zero-order chi connectivity index (χ0) is 14.0. The highest BCUT2D eigenvalue weighted by Crippen LogP contribution is 2.30. The van der Waals surface area contributed by atoms with E-state index in [1.807, 2.05) is 32.9 Å². The van der Waals surface area contributed by atoms with Crippen molar-refractivity contribution in [1.82, 2.24) is 0 Å². The molecule has 0 saturated carbocycles. The molecular weight excluding hydrogens is 224 g/mol. The van der Waals surface area contributed by atoms with Crippen LogP contribution in [0, 0.1) is 0 Å². The maximum atomic E-state index is 11.5. The number of hydrogen-bond donors (Lipinski definition) is 0. The standard InChI is InChI=1S/C16H24O2/c1-7-14(17)18-16(5,6)13-10-8-9-12(11-13)15(2,3)4/h8-11H,7H2,1-6H3. The molecule has 0 fully saturated rings. The average Bonchev–Trinajstić information content (AvgIpc) is 2.27.